The maximum Gasteiger partial charge on any atom is 0.429 e. The SMILES string of the molecule is Cc1ccc(C(Oc2cc(-c3ccc(C[C@H](N)C(=O)O)cc3)ncn2)C(F)(F)F)c(OC2CCCC2)c1. The minimum absolute atomic E-state index is 0.107. The molecule has 4 rings (SSSR count). The normalized spacial score (nSPS) is 15.8. The van der Waals surface area contributed by atoms with Crippen LogP contribution in [-0.2, 0) is 11.2 Å². The van der Waals surface area contributed by atoms with E-state index in [9.17, 15) is 18.0 Å². The van der Waals surface area contributed by atoms with E-state index in [2.05, 4.69) is 9.97 Å². The summed E-state index contributed by atoms with van der Waals surface area (Å²) in [4.78, 5) is 19.0. The van der Waals surface area contributed by atoms with Gasteiger partial charge in [-0.2, -0.15) is 13.2 Å². The molecular formula is C27H28F3N3O4. The lowest BCUT2D eigenvalue weighted by Crippen LogP contribution is -2.32. The lowest BCUT2D eigenvalue weighted by atomic mass is 10.0. The second-order valence-electron chi connectivity index (χ2n) is 9.19. The number of carbonyl (C=O) groups is 1. The molecule has 0 bridgehead atoms. The molecule has 1 unspecified atom stereocenters. The van der Waals surface area contributed by atoms with Gasteiger partial charge in [0, 0.05) is 17.2 Å². The van der Waals surface area contributed by atoms with Crippen molar-refractivity contribution in [3.63, 3.8) is 0 Å². The van der Waals surface area contributed by atoms with E-state index >= 15 is 0 Å². The molecule has 0 saturated heterocycles. The Morgan fingerprint density at radius 3 is 2.46 bits per heavy atom. The highest BCUT2D eigenvalue weighted by Gasteiger charge is 2.45. The Labute approximate surface area is 212 Å². The number of aryl methyl sites for hydroxylation is 1. The first kappa shape index (κ1) is 26.4. The molecule has 1 aliphatic carbocycles. The molecule has 1 saturated carbocycles. The van der Waals surface area contributed by atoms with Gasteiger partial charge < -0.3 is 20.3 Å². The number of hydrogen-bond donors (Lipinski definition) is 2. The number of ether oxygens (including phenoxy) is 2. The van der Waals surface area contributed by atoms with Gasteiger partial charge in [-0.25, -0.2) is 9.97 Å². The third-order valence-electron chi connectivity index (χ3n) is 6.25. The molecule has 0 aliphatic heterocycles. The third-order valence-corrected chi connectivity index (χ3v) is 6.25. The second-order valence-corrected chi connectivity index (χ2v) is 9.19. The van der Waals surface area contributed by atoms with Crippen LogP contribution in [0.1, 0.15) is 48.5 Å². The fourth-order valence-corrected chi connectivity index (χ4v) is 4.29. The van der Waals surface area contributed by atoms with E-state index in [-0.39, 0.29) is 29.7 Å². The molecule has 0 radical (unpaired) electrons. The lowest BCUT2D eigenvalue weighted by molar-refractivity contribution is -0.199. The Bertz CT molecular complexity index is 1230. The van der Waals surface area contributed by atoms with Crippen LogP contribution in [0.15, 0.2) is 54.9 Å². The Hall–Kier alpha value is -3.66. The van der Waals surface area contributed by atoms with Crippen molar-refractivity contribution in [2.75, 3.05) is 0 Å². The lowest BCUT2D eigenvalue weighted by Gasteiger charge is -2.25. The monoisotopic (exact) mass is 515 g/mol. The Kier molecular flexibility index (Phi) is 7.97. The molecule has 3 aromatic rings. The van der Waals surface area contributed by atoms with Crippen molar-refractivity contribution in [2.45, 2.75) is 63.5 Å². The molecule has 0 spiro atoms. The molecule has 1 fully saturated rings. The van der Waals surface area contributed by atoms with Gasteiger partial charge in [-0.3, -0.25) is 4.79 Å². The number of carboxylic acid groups (broad SMARTS) is 1. The minimum Gasteiger partial charge on any atom is -0.490 e. The quantitative estimate of drug-likeness (QED) is 0.392. The summed E-state index contributed by atoms with van der Waals surface area (Å²) in [6.07, 6.45) is -2.26. The molecule has 1 aromatic heterocycles. The first-order chi connectivity index (χ1) is 17.6. The molecule has 1 aliphatic rings. The molecule has 3 N–H and O–H groups in total. The number of rotatable bonds is 9. The van der Waals surface area contributed by atoms with Crippen molar-refractivity contribution in [3.8, 4) is 22.9 Å². The fourth-order valence-electron chi connectivity index (χ4n) is 4.29. The molecular weight excluding hydrogens is 487 g/mol. The first-order valence-corrected chi connectivity index (χ1v) is 12.0. The standard InChI is InChI=1S/C27H28F3N3O4/c1-16-6-11-20(23(12-16)36-19-4-2-3-5-19)25(27(28,29)30)37-24-14-22(32-15-33-24)18-9-7-17(8-10-18)13-21(31)26(34)35/h6-12,14-15,19,21,25H,2-5,13,31H2,1H3,(H,34,35)/t21-,25?/m0/s1. The molecule has 2 aromatic carbocycles. The zero-order valence-corrected chi connectivity index (χ0v) is 20.2. The number of nitrogens with zero attached hydrogens (tertiary/aromatic N) is 2. The minimum atomic E-state index is -4.72. The van der Waals surface area contributed by atoms with Gasteiger partial charge in [-0.1, -0.05) is 36.4 Å². The molecule has 0 amide bonds. The van der Waals surface area contributed by atoms with Gasteiger partial charge >= 0.3 is 12.1 Å². The van der Waals surface area contributed by atoms with E-state index in [1.165, 1.54) is 12.1 Å². The van der Waals surface area contributed by atoms with Gasteiger partial charge in [0.15, 0.2) is 0 Å². The summed E-state index contributed by atoms with van der Waals surface area (Å²) in [5.74, 6) is -1.18. The number of carboxylic acids is 1. The zero-order chi connectivity index (χ0) is 26.6. The van der Waals surface area contributed by atoms with Crippen LogP contribution >= 0.6 is 0 Å². The van der Waals surface area contributed by atoms with Crippen molar-refractivity contribution >= 4 is 5.97 Å². The van der Waals surface area contributed by atoms with E-state index in [4.69, 9.17) is 20.3 Å². The van der Waals surface area contributed by atoms with Gasteiger partial charge in [-0.15, -0.1) is 0 Å². The number of aromatic nitrogens is 2. The van der Waals surface area contributed by atoms with Crippen LogP contribution in [0.5, 0.6) is 11.6 Å². The third kappa shape index (κ3) is 6.76. The van der Waals surface area contributed by atoms with Crippen LogP contribution in [0, 0.1) is 6.92 Å². The largest absolute Gasteiger partial charge is 0.490 e. The predicted molar refractivity (Wildman–Crippen MR) is 130 cm³/mol. The van der Waals surface area contributed by atoms with Gasteiger partial charge in [0.1, 0.15) is 18.1 Å². The summed E-state index contributed by atoms with van der Waals surface area (Å²) >= 11 is 0. The van der Waals surface area contributed by atoms with Crippen molar-refractivity contribution in [1.82, 2.24) is 9.97 Å². The van der Waals surface area contributed by atoms with E-state index in [0.29, 0.717) is 16.8 Å². The molecule has 10 heteroatoms. The number of alkyl halides is 3. The summed E-state index contributed by atoms with van der Waals surface area (Å²) in [5, 5.41) is 8.98. The summed E-state index contributed by atoms with van der Waals surface area (Å²) in [7, 11) is 0. The zero-order valence-electron chi connectivity index (χ0n) is 20.2. The summed E-state index contributed by atoms with van der Waals surface area (Å²) in [5.41, 5.74) is 7.91. The van der Waals surface area contributed by atoms with Gasteiger partial charge in [0.2, 0.25) is 12.0 Å². The topological polar surface area (TPSA) is 108 Å². The Morgan fingerprint density at radius 1 is 1.11 bits per heavy atom. The Morgan fingerprint density at radius 2 is 1.81 bits per heavy atom. The highest BCUT2D eigenvalue weighted by molar-refractivity contribution is 5.73. The molecule has 196 valence electrons. The van der Waals surface area contributed by atoms with Gasteiger partial charge in [0.25, 0.3) is 0 Å². The van der Waals surface area contributed by atoms with Crippen LogP contribution in [0.2, 0.25) is 0 Å². The van der Waals surface area contributed by atoms with E-state index in [0.717, 1.165) is 37.6 Å². The molecule has 2 atom stereocenters. The van der Waals surface area contributed by atoms with Gasteiger partial charge in [0.05, 0.1) is 11.8 Å². The van der Waals surface area contributed by atoms with Crippen LogP contribution in [-0.4, -0.2) is 39.4 Å². The summed E-state index contributed by atoms with van der Waals surface area (Å²) in [6, 6.07) is 11.7. The number of aliphatic carboxylic acids is 1. The predicted octanol–water partition coefficient (Wildman–Crippen LogP) is 5.41. The molecule has 7 nitrogen and oxygen atoms in total. The fraction of sp³-hybridized carbons (Fsp3) is 0.370. The molecule has 1 heterocycles. The molecule has 37 heavy (non-hydrogen) atoms. The van der Waals surface area contributed by atoms with E-state index in [1.54, 1.807) is 43.3 Å². The highest BCUT2D eigenvalue weighted by atomic mass is 19.4. The number of benzene rings is 2. The average Bonchev–Trinajstić information content (AvgIpc) is 3.36. The van der Waals surface area contributed by atoms with Crippen molar-refractivity contribution in [3.05, 3.63) is 71.5 Å². The second kappa shape index (κ2) is 11.2. The van der Waals surface area contributed by atoms with Crippen molar-refractivity contribution in [1.29, 1.82) is 0 Å². The van der Waals surface area contributed by atoms with Crippen LogP contribution < -0.4 is 15.2 Å². The van der Waals surface area contributed by atoms with Crippen molar-refractivity contribution in [2.24, 2.45) is 5.73 Å². The van der Waals surface area contributed by atoms with Crippen LogP contribution in [0.25, 0.3) is 11.3 Å². The Balaban J connectivity index is 1.58. The summed E-state index contributed by atoms with van der Waals surface area (Å²) < 4.78 is 54.1. The highest BCUT2D eigenvalue weighted by Crippen LogP contribution is 2.42. The average molecular weight is 516 g/mol. The first-order valence-electron chi connectivity index (χ1n) is 12.0. The number of hydrogen-bond acceptors (Lipinski definition) is 6. The summed E-state index contributed by atoms with van der Waals surface area (Å²) in [6.45, 7) is 1.80. The maximum atomic E-state index is 14.2. The smallest absolute Gasteiger partial charge is 0.429 e. The number of halogens is 3. The number of nitrogens with two attached hydrogens (primary N) is 1. The van der Waals surface area contributed by atoms with E-state index in [1.807, 2.05) is 0 Å². The van der Waals surface area contributed by atoms with Crippen LogP contribution in [0.4, 0.5) is 13.2 Å². The van der Waals surface area contributed by atoms with E-state index < -0.39 is 24.3 Å². The van der Waals surface area contributed by atoms with Gasteiger partial charge in [-0.05, 0) is 56.2 Å². The van der Waals surface area contributed by atoms with Crippen molar-refractivity contribution < 1.29 is 32.5 Å². The van der Waals surface area contributed by atoms with Crippen LogP contribution in [0.3, 0.4) is 0 Å². The maximum absolute atomic E-state index is 14.2.